The fourth-order valence-electron chi connectivity index (χ4n) is 0.904. The van der Waals surface area contributed by atoms with E-state index < -0.39 is 12.3 Å². The molecular weight excluding hydrogens is 136 g/mol. The summed E-state index contributed by atoms with van der Waals surface area (Å²) in [6.45, 7) is 1.13. The minimum absolute atomic E-state index is 0.162. The SMILES string of the molecule is O=C(O)N1CCN[C@H](O)C1. The lowest BCUT2D eigenvalue weighted by molar-refractivity contribution is 0.0531. The van der Waals surface area contributed by atoms with Crippen LogP contribution in [0.15, 0.2) is 0 Å². The van der Waals surface area contributed by atoms with Gasteiger partial charge in [-0.25, -0.2) is 4.79 Å². The molecule has 0 aliphatic carbocycles. The van der Waals surface area contributed by atoms with Gasteiger partial charge in [0.1, 0.15) is 6.23 Å². The summed E-state index contributed by atoms with van der Waals surface area (Å²) in [4.78, 5) is 11.5. The first-order chi connectivity index (χ1) is 4.70. The number of hydrogen-bond donors (Lipinski definition) is 3. The molecule has 10 heavy (non-hydrogen) atoms. The van der Waals surface area contributed by atoms with Crippen LogP contribution in [0.5, 0.6) is 0 Å². The highest BCUT2D eigenvalue weighted by molar-refractivity contribution is 5.65. The number of rotatable bonds is 0. The summed E-state index contributed by atoms with van der Waals surface area (Å²) < 4.78 is 0. The third-order valence-electron chi connectivity index (χ3n) is 1.43. The molecule has 0 saturated carbocycles. The summed E-state index contributed by atoms with van der Waals surface area (Å²) in [6.07, 6.45) is -1.68. The minimum atomic E-state index is -0.972. The number of nitrogens with one attached hydrogen (secondary N) is 1. The highest BCUT2D eigenvalue weighted by atomic mass is 16.4. The van der Waals surface area contributed by atoms with E-state index in [1.165, 1.54) is 4.90 Å². The van der Waals surface area contributed by atoms with E-state index in [0.29, 0.717) is 13.1 Å². The standard InChI is InChI=1S/C5H10N2O3/c8-4-3-7(5(9)10)2-1-6-4/h4,6,8H,1-3H2,(H,9,10)/t4-/m1/s1. The molecule has 3 N–H and O–H groups in total. The molecule has 1 fully saturated rings. The molecule has 5 nitrogen and oxygen atoms in total. The lowest BCUT2D eigenvalue weighted by Gasteiger charge is -2.28. The van der Waals surface area contributed by atoms with E-state index in [9.17, 15) is 4.79 Å². The molecule has 1 rings (SSSR count). The Kier molecular flexibility index (Phi) is 2.08. The predicted octanol–water partition coefficient (Wildman–Crippen LogP) is -1.11. The molecule has 0 bridgehead atoms. The summed E-state index contributed by atoms with van der Waals surface area (Å²) in [7, 11) is 0. The van der Waals surface area contributed by atoms with E-state index in [-0.39, 0.29) is 6.54 Å². The molecule has 58 valence electrons. The highest BCUT2D eigenvalue weighted by Gasteiger charge is 2.19. The van der Waals surface area contributed by atoms with Crippen molar-refractivity contribution in [2.45, 2.75) is 6.23 Å². The van der Waals surface area contributed by atoms with Gasteiger partial charge in [0.15, 0.2) is 0 Å². The van der Waals surface area contributed by atoms with Crippen LogP contribution in [0.3, 0.4) is 0 Å². The van der Waals surface area contributed by atoms with Gasteiger partial charge in [-0.05, 0) is 0 Å². The normalized spacial score (nSPS) is 26.5. The summed E-state index contributed by atoms with van der Waals surface area (Å²) in [5.41, 5.74) is 0. The maximum Gasteiger partial charge on any atom is 0.407 e. The number of aliphatic hydroxyl groups is 1. The summed E-state index contributed by atoms with van der Waals surface area (Å²) in [6, 6.07) is 0. The molecule has 0 unspecified atom stereocenters. The zero-order chi connectivity index (χ0) is 7.56. The van der Waals surface area contributed by atoms with E-state index in [2.05, 4.69) is 5.32 Å². The second-order valence-electron chi connectivity index (χ2n) is 2.20. The molecule has 1 aliphatic rings. The van der Waals surface area contributed by atoms with E-state index in [4.69, 9.17) is 10.2 Å². The van der Waals surface area contributed by atoms with Gasteiger partial charge in [0, 0.05) is 13.1 Å². The maximum absolute atomic E-state index is 10.3. The lowest BCUT2D eigenvalue weighted by Crippen LogP contribution is -2.52. The summed E-state index contributed by atoms with van der Waals surface area (Å²) >= 11 is 0. The van der Waals surface area contributed by atoms with Gasteiger partial charge in [0.2, 0.25) is 0 Å². The Morgan fingerprint density at radius 3 is 2.80 bits per heavy atom. The second kappa shape index (κ2) is 2.85. The number of piperazine rings is 1. The van der Waals surface area contributed by atoms with Crippen molar-refractivity contribution >= 4 is 6.09 Å². The van der Waals surface area contributed by atoms with Crippen molar-refractivity contribution in [1.29, 1.82) is 0 Å². The molecule has 1 saturated heterocycles. The van der Waals surface area contributed by atoms with E-state index in [1.807, 2.05) is 0 Å². The third-order valence-corrected chi connectivity index (χ3v) is 1.43. The largest absolute Gasteiger partial charge is 0.465 e. The zero-order valence-corrected chi connectivity index (χ0v) is 5.45. The van der Waals surface area contributed by atoms with Crippen molar-refractivity contribution in [3.05, 3.63) is 0 Å². The monoisotopic (exact) mass is 146 g/mol. The average Bonchev–Trinajstić information content (AvgIpc) is 1.88. The summed E-state index contributed by atoms with van der Waals surface area (Å²) in [5, 5.41) is 20.1. The number of amides is 1. The molecular formula is C5H10N2O3. The van der Waals surface area contributed by atoms with Gasteiger partial charge in [-0.1, -0.05) is 0 Å². The first-order valence-electron chi connectivity index (χ1n) is 3.09. The van der Waals surface area contributed by atoms with Gasteiger partial charge < -0.3 is 15.1 Å². The molecule has 0 aromatic rings. The van der Waals surface area contributed by atoms with Crippen LogP contribution in [-0.2, 0) is 0 Å². The van der Waals surface area contributed by atoms with E-state index in [1.54, 1.807) is 0 Å². The van der Waals surface area contributed by atoms with E-state index in [0.717, 1.165) is 0 Å². The molecule has 1 atom stereocenters. The Labute approximate surface area is 58.3 Å². The van der Waals surface area contributed by atoms with Crippen molar-refractivity contribution in [1.82, 2.24) is 10.2 Å². The number of hydrogen-bond acceptors (Lipinski definition) is 3. The van der Waals surface area contributed by atoms with Crippen molar-refractivity contribution in [2.24, 2.45) is 0 Å². The molecule has 5 heteroatoms. The minimum Gasteiger partial charge on any atom is -0.465 e. The Morgan fingerprint density at radius 2 is 2.40 bits per heavy atom. The van der Waals surface area contributed by atoms with Crippen LogP contribution in [0.2, 0.25) is 0 Å². The van der Waals surface area contributed by atoms with Gasteiger partial charge >= 0.3 is 6.09 Å². The predicted molar refractivity (Wildman–Crippen MR) is 33.6 cm³/mol. The second-order valence-corrected chi connectivity index (χ2v) is 2.20. The van der Waals surface area contributed by atoms with Crippen molar-refractivity contribution in [3.8, 4) is 0 Å². The van der Waals surface area contributed by atoms with E-state index >= 15 is 0 Å². The first-order valence-corrected chi connectivity index (χ1v) is 3.09. The lowest BCUT2D eigenvalue weighted by atomic mass is 10.4. The highest BCUT2D eigenvalue weighted by Crippen LogP contribution is 1.95. The average molecular weight is 146 g/mol. The quantitative estimate of drug-likeness (QED) is 0.405. The van der Waals surface area contributed by atoms with Crippen molar-refractivity contribution < 1.29 is 15.0 Å². The van der Waals surface area contributed by atoms with Crippen LogP contribution in [-0.4, -0.2) is 47.1 Å². The topological polar surface area (TPSA) is 72.8 Å². The van der Waals surface area contributed by atoms with Crippen LogP contribution in [0.25, 0.3) is 0 Å². The van der Waals surface area contributed by atoms with Crippen LogP contribution in [0, 0.1) is 0 Å². The number of carboxylic acid groups (broad SMARTS) is 1. The Morgan fingerprint density at radius 1 is 1.70 bits per heavy atom. The Hall–Kier alpha value is -0.810. The molecule has 0 radical (unpaired) electrons. The van der Waals surface area contributed by atoms with Crippen LogP contribution < -0.4 is 5.32 Å². The molecule has 0 aromatic carbocycles. The molecule has 1 heterocycles. The number of nitrogens with zero attached hydrogens (tertiary/aromatic N) is 1. The fraction of sp³-hybridized carbons (Fsp3) is 0.800. The Bertz CT molecular complexity index is 139. The molecule has 1 amide bonds. The fourth-order valence-corrected chi connectivity index (χ4v) is 0.904. The van der Waals surface area contributed by atoms with Gasteiger partial charge in [0.05, 0.1) is 6.54 Å². The summed E-state index contributed by atoms with van der Waals surface area (Å²) in [5.74, 6) is 0. The van der Waals surface area contributed by atoms with Crippen molar-refractivity contribution in [3.63, 3.8) is 0 Å². The number of aliphatic hydroxyl groups excluding tert-OH is 1. The van der Waals surface area contributed by atoms with Gasteiger partial charge in [-0.15, -0.1) is 0 Å². The zero-order valence-electron chi connectivity index (χ0n) is 5.45. The maximum atomic E-state index is 10.3. The van der Waals surface area contributed by atoms with Gasteiger partial charge in [-0.3, -0.25) is 5.32 Å². The number of carbonyl (C=O) groups is 1. The molecule has 0 spiro atoms. The van der Waals surface area contributed by atoms with Gasteiger partial charge in [0.25, 0.3) is 0 Å². The molecule has 1 aliphatic heterocycles. The van der Waals surface area contributed by atoms with Gasteiger partial charge in [-0.2, -0.15) is 0 Å². The van der Waals surface area contributed by atoms with Crippen LogP contribution in [0.1, 0.15) is 0 Å². The first kappa shape index (κ1) is 7.30. The van der Waals surface area contributed by atoms with Crippen LogP contribution in [0.4, 0.5) is 4.79 Å². The van der Waals surface area contributed by atoms with Crippen molar-refractivity contribution in [2.75, 3.05) is 19.6 Å². The smallest absolute Gasteiger partial charge is 0.407 e. The van der Waals surface area contributed by atoms with Crippen LogP contribution >= 0.6 is 0 Å². The Balaban J connectivity index is 2.39. The third kappa shape index (κ3) is 1.58. The number of β-amino-alcohol motifs (C(OH)–C–C–N with tert-alkyl or cyclic N) is 1. The molecule has 0 aromatic heterocycles.